The molecule has 1 aromatic carbocycles. The zero-order chi connectivity index (χ0) is 30.8. The van der Waals surface area contributed by atoms with Gasteiger partial charge in [-0.2, -0.15) is 5.26 Å². The maximum Gasteiger partial charge on any atom is 0.256 e. The lowest BCUT2D eigenvalue weighted by Crippen LogP contribution is -2.34. The van der Waals surface area contributed by atoms with Crippen LogP contribution in [0.25, 0.3) is 27.5 Å². The van der Waals surface area contributed by atoms with E-state index in [1.165, 1.54) is 22.8 Å². The smallest absolute Gasteiger partial charge is 0.256 e. The summed E-state index contributed by atoms with van der Waals surface area (Å²) in [6, 6.07) is 10.4. The van der Waals surface area contributed by atoms with E-state index in [1.54, 1.807) is 18.1 Å². The maximum atomic E-state index is 14.2. The predicted molar refractivity (Wildman–Crippen MR) is 171 cm³/mol. The molecule has 1 N–H and O–H groups in total. The highest BCUT2D eigenvalue weighted by atomic mass is 19.1. The van der Waals surface area contributed by atoms with E-state index in [2.05, 4.69) is 52.8 Å². The van der Waals surface area contributed by atoms with Gasteiger partial charge in [-0.25, -0.2) is 4.39 Å². The lowest BCUT2D eigenvalue weighted by molar-refractivity contribution is -0.126. The fourth-order valence-electron chi connectivity index (χ4n) is 6.14. The number of allylic oxidation sites excluding steroid dienone is 3. The first-order chi connectivity index (χ1) is 20.6. The number of aryl methyl sites for hydroxylation is 1. The van der Waals surface area contributed by atoms with Crippen LogP contribution < -0.4 is 0 Å². The Labute approximate surface area is 252 Å². The van der Waals surface area contributed by atoms with Crippen LogP contribution in [0.3, 0.4) is 0 Å². The number of carbonyl (C=O) groups excluding carboxylic acids is 1. The molecule has 4 heterocycles. The van der Waals surface area contributed by atoms with E-state index in [1.807, 2.05) is 49.7 Å². The minimum Gasteiger partial charge on any atom is -0.346 e. The minimum absolute atomic E-state index is 0.0468. The topological polar surface area (TPSA) is 81.0 Å². The standard InChI is InChI=1S/C35H39FN6O/c1-7-33(30(16-23(4)36)35(43)40(6)22(2)3)42-21-31(28-10-13-38-19-34(28)42)25-11-14-41(15-12-25)20-26-8-9-32-29(24(26)5)17-27(18-37)39-32/h7-10,13,16-17,19,21-22,25,39H,4,11-12,14-15,20H2,1-3,5-6H3/b30-16+,33-7+. The lowest BCUT2D eigenvalue weighted by atomic mass is 9.89. The van der Waals surface area contributed by atoms with Gasteiger partial charge in [0.15, 0.2) is 0 Å². The second-order valence-electron chi connectivity index (χ2n) is 11.7. The van der Waals surface area contributed by atoms with E-state index in [-0.39, 0.29) is 17.5 Å². The first-order valence-electron chi connectivity index (χ1n) is 14.8. The molecule has 0 radical (unpaired) electrons. The lowest BCUT2D eigenvalue weighted by Gasteiger charge is -2.32. The van der Waals surface area contributed by atoms with Gasteiger partial charge in [-0.05, 0) is 101 Å². The molecule has 4 aromatic rings. The van der Waals surface area contributed by atoms with Gasteiger partial charge in [-0.3, -0.25) is 14.7 Å². The van der Waals surface area contributed by atoms with Gasteiger partial charge in [0, 0.05) is 48.3 Å². The molecule has 1 saturated heterocycles. The number of hydrogen-bond donors (Lipinski definition) is 1. The highest BCUT2D eigenvalue weighted by molar-refractivity contribution is 6.07. The first-order valence-corrected chi connectivity index (χ1v) is 14.8. The summed E-state index contributed by atoms with van der Waals surface area (Å²) in [5.74, 6) is -0.595. The molecule has 0 bridgehead atoms. The molecule has 0 saturated carbocycles. The van der Waals surface area contributed by atoms with Gasteiger partial charge < -0.3 is 14.5 Å². The van der Waals surface area contributed by atoms with Crippen LogP contribution in [0.1, 0.15) is 61.9 Å². The molecular weight excluding hydrogens is 539 g/mol. The number of amides is 1. The van der Waals surface area contributed by atoms with Crippen LogP contribution in [0.4, 0.5) is 4.39 Å². The molecule has 1 fully saturated rings. The van der Waals surface area contributed by atoms with Crippen molar-refractivity contribution in [2.45, 2.75) is 59.0 Å². The van der Waals surface area contributed by atoms with Gasteiger partial charge in [0.25, 0.3) is 5.91 Å². The average Bonchev–Trinajstić information content (AvgIpc) is 3.60. The van der Waals surface area contributed by atoms with Crippen LogP contribution >= 0.6 is 0 Å². The van der Waals surface area contributed by atoms with Crippen molar-refractivity contribution in [3.05, 3.63) is 95.4 Å². The second-order valence-corrected chi connectivity index (χ2v) is 11.7. The van der Waals surface area contributed by atoms with E-state index >= 15 is 0 Å². The molecule has 8 heteroatoms. The molecule has 222 valence electrons. The van der Waals surface area contributed by atoms with Crippen LogP contribution in [0, 0.1) is 18.3 Å². The number of benzene rings is 1. The Balaban J connectivity index is 1.41. The molecule has 3 aromatic heterocycles. The number of fused-ring (bicyclic) bond motifs is 2. The number of rotatable bonds is 8. The normalized spacial score (nSPS) is 15.4. The van der Waals surface area contributed by atoms with Crippen LogP contribution in [0.15, 0.2) is 73.0 Å². The highest BCUT2D eigenvalue weighted by Gasteiger charge is 2.27. The second kappa shape index (κ2) is 12.4. The van der Waals surface area contributed by atoms with E-state index in [9.17, 15) is 14.4 Å². The summed E-state index contributed by atoms with van der Waals surface area (Å²) in [7, 11) is 1.73. The number of likely N-dealkylation sites (N-methyl/N-ethyl adjacent to an activating group) is 1. The van der Waals surface area contributed by atoms with Crippen molar-refractivity contribution in [1.29, 1.82) is 5.26 Å². The number of nitriles is 1. The number of hydrogen-bond acceptors (Lipinski definition) is 4. The number of nitrogens with one attached hydrogen (secondary N) is 1. The van der Waals surface area contributed by atoms with Gasteiger partial charge in [0.1, 0.15) is 17.6 Å². The summed E-state index contributed by atoms with van der Waals surface area (Å²) in [4.78, 5) is 25.2. The fraction of sp³-hybridized carbons (Fsp3) is 0.343. The summed E-state index contributed by atoms with van der Waals surface area (Å²) >= 11 is 0. The zero-order valence-corrected chi connectivity index (χ0v) is 25.6. The van der Waals surface area contributed by atoms with Gasteiger partial charge in [0.2, 0.25) is 0 Å². The number of piperidine rings is 1. The molecule has 7 nitrogen and oxygen atoms in total. The van der Waals surface area contributed by atoms with Gasteiger partial charge in [0.05, 0.1) is 23.0 Å². The van der Waals surface area contributed by atoms with Crippen molar-refractivity contribution in [2.75, 3.05) is 20.1 Å². The van der Waals surface area contributed by atoms with Crippen molar-refractivity contribution < 1.29 is 9.18 Å². The molecule has 43 heavy (non-hydrogen) atoms. The maximum absolute atomic E-state index is 14.2. The van der Waals surface area contributed by atoms with E-state index in [4.69, 9.17) is 0 Å². The molecule has 1 aliphatic heterocycles. The Morgan fingerprint density at radius 3 is 2.67 bits per heavy atom. The number of aromatic nitrogens is 3. The minimum atomic E-state index is -0.668. The van der Waals surface area contributed by atoms with Gasteiger partial charge in [-0.1, -0.05) is 18.7 Å². The molecule has 0 spiro atoms. The molecule has 1 aliphatic rings. The molecule has 0 aliphatic carbocycles. The van der Waals surface area contributed by atoms with Crippen molar-refractivity contribution in [3.63, 3.8) is 0 Å². The molecular formula is C35H39FN6O. The Kier molecular flexibility index (Phi) is 8.65. The van der Waals surface area contributed by atoms with Crippen LogP contribution in [0.5, 0.6) is 0 Å². The molecule has 1 amide bonds. The fourth-order valence-corrected chi connectivity index (χ4v) is 6.14. The SMILES string of the molecule is C=C(F)/C=C(C(=O)N(C)C(C)C)\C(=C/C)n1cc(C2CCN(Cc3ccc4[nH]c(C#N)cc4c3C)CC2)c2ccncc21. The molecule has 5 rings (SSSR count). The monoisotopic (exact) mass is 578 g/mol. The Morgan fingerprint density at radius 2 is 2.02 bits per heavy atom. The number of likely N-dealkylation sites (tertiary alicyclic amines) is 1. The van der Waals surface area contributed by atoms with Crippen molar-refractivity contribution in [3.8, 4) is 6.07 Å². The number of halogens is 1. The van der Waals surface area contributed by atoms with E-state index < -0.39 is 5.83 Å². The van der Waals surface area contributed by atoms with E-state index in [0.29, 0.717) is 17.3 Å². The zero-order valence-electron chi connectivity index (χ0n) is 25.6. The third kappa shape index (κ3) is 5.91. The van der Waals surface area contributed by atoms with Gasteiger partial charge in [-0.15, -0.1) is 0 Å². The Morgan fingerprint density at radius 1 is 1.28 bits per heavy atom. The van der Waals surface area contributed by atoms with Crippen molar-refractivity contribution in [2.24, 2.45) is 0 Å². The summed E-state index contributed by atoms with van der Waals surface area (Å²) in [5, 5.41) is 11.5. The highest BCUT2D eigenvalue weighted by Crippen LogP contribution is 2.37. The van der Waals surface area contributed by atoms with Crippen LogP contribution in [-0.4, -0.2) is 56.4 Å². The van der Waals surface area contributed by atoms with Crippen molar-refractivity contribution >= 4 is 33.4 Å². The Hall–Kier alpha value is -4.48. The van der Waals surface area contributed by atoms with Crippen molar-refractivity contribution in [1.82, 2.24) is 24.3 Å². The number of H-pyrrole nitrogens is 1. The third-order valence-electron chi connectivity index (χ3n) is 8.80. The molecule has 0 unspecified atom stereocenters. The van der Waals surface area contributed by atoms with Crippen LogP contribution in [0.2, 0.25) is 0 Å². The summed E-state index contributed by atoms with van der Waals surface area (Å²) < 4.78 is 16.2. The number of carbonyl (C=O) groups is 1. The third-order valence-corrected chi connectivity index (χ3v) is 8.80. The average molecular weight is 579 g/mol. The summed E-state index contributed by atoms with van der Waals surface area (Å²) in [6.45, 7) is 14.0. The summed E-state index contributed by atoms with van der Waals surface area (Å²) in [5.41, 5.74) is 7.03. The Bertz CT molecular complexity index is 1790. The predicted octanol–water partition coefficient (Wildman–Crippen LogP) is 7.21. The largest absolute Gasteiger partial charge is 0.346 e. The quantitative estimate of drug-likeness (QED) is 0.177. The number of aromatic amines is 1. The number of pyridine rings is 1. The number of nitrogens with zero attached hydrogens (tertiary/aromatic N) is 5. The summed E-state index contributed by atoms with van der Waals surface area (Å²) in [6.07, 6.45) is 10.8. The van der Waals surface area contributed by atoms with Crippen LogP contribution in [-0.2, 0) is 11.3 Å². The molecule has 0 atom stereocenters. The van der Waals surface area contributed by atoms with Gasteiger partial charge >= 0.3 is 0 Å². The first kappa shape index (κ1) is 30.0. The van der Waals surface area contributed by atoms with E-state index in [0.717, 1.165) is 54.3 Å².